The number of nitrogens with one attached hydrogen (secondary N) is 1. The maximum atomic E-state index is 14.3. The first-order valence-electron chi connectivity index (χ1n) is 49.2. The van der Waals surface area contributed by atoms with Crippen LogP contribution < -0.4 is 34.0 Å². The number of nitriles is 1. The maximum absolute atomic E-state index is 14.3. The highest BCUT2D eigenvalue weighted by atomic mass is 35.5. The Morgan fingerprint density at radius 3 is 1.45 bits per heavy atom. The van der Waals surface area contributed by atoms with Crippen LogP contribution in [0.5, 0.6) is 0 Å². The zero-order chi connectivity index (χ0) is 105. The fourth-order valence-corrected chi connectivity index (χ4v) is 23.7. The molecule has 3 saturated carbocycles. The highest BCUT2D eigenvalue weighted by molar-refractivity contribution is 7.11. The topological polar surface area (TPSA) is 417 Å². The lowest BCUT2D eigenvalue weighted by Gasteiger charge is -2.40. The average molecular weight is 2060 g/mol. The number of thiophene rings is 3. The van der Waals surface area contributed by atoms with Crippen LogP contribution in [0, 0.1) is 44.9 Å². The third-order valence-corrected chi connectivity index (χ3v) is 32.7. The van der Waals surface area contributed by atoms with E-state index in [-0.39, 0.29) is 65.4 Å². The van der Waals surface area contributed by atoms with E-state index in [1.54, 1.807) is 77.2 Å². The zero-order valence-corrected chi connectivity index (χ0v) is 88.8. The monoisotopic (exact) mass is 2060 g/mol. The number of fused-ring (bicyclic) bond motifs is 1. The minimum Gasteiger partial charge on any atom is -0.385 e. The van der Waals surface area contributed by atoms with Gasteiger partial charge < -0.3 is 43.5 Å². The van der Waals surface area contributed by atoms with Crippen molar-refractivity contribution in [2.24, 2.45) is 59.5 Å². The van der Waals surface area contributed by atoms with Gasteiger partial charge in [-0.15, -0.1) is 34.0 Å². The molecule has 11 N–H and O–H groups in total. The SMILES string of the molecule is CN1C(=O)C[C@@](C)(c2ccc3ncc(-c4cccc(Cl)c4)n3c2)N=C1N.COCC(F)(F)c1ccc([C@@H]2C(=O)N(C)C(N)=N[C@]2(C)c2cc(-c3cccc(C#N)c3)cs2)cc1.COCCCN[C@H]1CCC[C@H](C[C@@]2(C)N=C(N)N(C)C2=O)C1.Cc1cc(-c2csc([C@@]3(C)N=C(N)N(C)C(=O)[C@@H]3c3ccc(C4CC4)cc3)c2)nc(C)n1.Cc1cc(-c2csc([C@@]3(C)N=C(N)N(C)C(=O)[C@H]3c3ccc(C4CC4)cc3)c2)nc(C)n1. The number of nitrogens with zero attached hydrogens (tertiary/aromatic N) is 17. The lowest BCUT2D eigenvalue weighted by Crippen LogP contribution is -2.52. The Kier molecular flexibility index (Phi) is 31.3. The largest absolute Gasteiger partial charge is 0.385 e. The highest BCUT2D eigenvalue weighted by Gasteiger charge is 2.53. The molecule has 10 atom stereocenters. The number of likely N-dealkylation sites (N-methyl/N-ethyl adjacent to an activating group) is 4. The molecule has 0 bridgehead atoms. The fourth-order valence-electron chi connectivity index (χ4n) is 20.4. The van der Waals surface area contributed by atoms with Crippen molar-refractivity contribution >= 4 is 111 Å². The van der Waals surface area contributed by atoms with Crippen LogP contribution in [-0.4, -0.2) is 194 Å². The lowest BCUT2D eigenvalue weighted by atomic mass is 9.77. The Morgan fingerprint density at radius 2 is 0.986 bits per heavy atom. The standard InChI is InChI=1S/C26H24F2N4O2S.2C25H27N5OS.C19H18ClN5O.C16H30N4O2/c1-25(21-12-19(14-35-21)18-6-4-5-16(11-18)13-29)22(23(33)32(2)24(30)31-25)17-7-9-20(10-8-17)26(27,28)15-34-3;2*1-14-11-20(28-15(2)27-14)19-12-21(32-13-19)25(3)22(23(31)30(4)24(26)29-25)18-9-7-17(8-10-18)16-5-6-16;1-19(9-17(26)24(2)18(21)23-19)13-6-7-16-22-10-15(25(16)11-13)12-4-3-5-14(20)8-12;1-16(14(21)20(2)15(17)19-16)11-12-6-4-7-13(10-12)18-8-5-9-22-3/h4-12,14,22H,15H2,1-3H3,(H2,30,31);2*7-13,16,22H,5-6H2,1-4H3,(H2,26,29);3-8,10-11H,9H2,1-2H3,(H2,21,23);12-13,18H,4-11H2,1-3H3,(H2,17,19)/t22-,25-;22-,25+;22-,25-;19-;12-,13-,16+/m10100/s1. The Labute approximate surface area is 872 Å². The van der Waals surface area contributed by atoms with Gasteiger partial charge in [-0.1, -0.05) is 128 Å². The first-order valence-corrected chi connectivity index (χ1v) is 52.2. The van der Waals surface area contributed by atoms with Gasteiger partial charge in [-0.05, 0) is 249 Å². The van der Waals surface area contributed by atoms with Gasteiger partial charge in [0.2, 0.25) is 23.6 Å². The summed E-state index contributed by atoms with van der Waals surface area (Å²) in [5.74, 6) is -0.707. The van der Waals surface area contributed by atoms with Crippen LogP contribution >= 0.6 is 45.6 Å². The van der Waals surface area contributed by atoms with E-state index < -0.39 is 58.0 Å². The first-order chi connectivity index (χ1) is 69.9. The molecular weight excluding hydrogens is 1940 g/mol. The third-order valence-electron chi connectivity index (χ3n) is 29.0. The number of guanidine groups is 5. The smallest absolute Gasteiger partial charge is 0.296 e. The molecule has 20 rings (SSSR count). The van der Waals surface area contributed by atoms with Crippen molar-refractivity contribution in [1.29, 1.82) is 5.26 Å². The van der Waals surface area contributed by atoms with Crippen molar-refractivity contribution in [3.63, 3.8) is 0 Å². The number of pyridine rings is 1. The van der Waals surface area contributed by atoms with E-state index in [1.165, 1.54) is 123 Å². The molecule has 147 heavy (non-hydrogen) atoms. The second kappa shape index (κ2) is 43.4. The minimum absolute atomic E-state index is 0.0279. The van der Waals surface area contributed by atoms with E-state index in [2.05, 4.69) is 122 Å². The van der Waals surface area contributed by atoms with E-state index in [4.69, 9.17) is 60.0 Å². The number of aromatic nitrogens is 6. The number of carbonyl (C=O) groups excluding carboxylic acids is 5. The van der Waals surface area contributed by atoms with Crippen molar-refractivity contribution in [3.8, 4) is 51.0 Å². The molecule has 766 valence electrons. The van der Waals surface area contributed by atoms with Gasteiger partial charge in [0.1, 0.15) is 46.1 Å². The molecule has 5 amide bonds. The van der Waals surface area contributed by atoms with Crippen molar-refractivity contribution in [1.82, 2.24) is 59.1 Å². The van der Waals surface area contributed by atoms with Crippen LogP contribution in [-0.2, 0) is 61.5 Å². The number of aliphatic imine (C=N–C) groups is 5. The van der Waals surface area contributed by atoms with Crippen LogP contribution in [0.3, 0.4) is 0 Å². The summed E-state index contributed by atoms with van der Waals surface area (Å²) in [5.41, 5.74) is 42.7. The Morgan fingerprint density at radius 1 is 0.517 bits per heavy atom. The number of alkyl halides is 2. The summed E-state index contributed by atoms with van der Waals surface area (Å²) in [4.78, 5) is 121. The summed E-state index contributed by atoms with van der Waals surface area (Å²) in [7, 11) is 11.2. The average Bonchev–Trinajstić information content (AvgIpc) is 1.73. The van der Waals surface area contributed by atoms with Gasteiger partial charge in [-0.3, -0.25) is 52.9 Å². The van der Waals surface area contributed by atoms with E-state index in [1.807, 2.05) is 151 Å². The number of hydrogen-bond donors (Lipinski definition) is 6. The molecule has 0 radical (unpaired) electrons. The number of rotatable bonds is 23. The van der Waals surface area contributed by atoms with Crippen LogP contribution in [0.4, 0.5) is 8.78 Å². The number of benzene rings is 5. The van der Waals surface area contributed by atoms with Crippen molar-refractivity contribution in [3.05, 3.63) is 280 Å². The van der Waals surface area contributed by atoms with E-state index in [0.717, 1.165) is 137 Å². The Balaban J connectivity index is 0.000000132. The molecule has 0 unspecified atom stereocenters. The molecule has 30 nitrogen and oxygen atoms in total. The molecule has 7 aromatic heterocycles. The summed E-state index contributed by atoms with van der Waals surface area (Å²) in [6.07, 6.45) is 15.6. The van der Waals surface area contributed by atoms with Gasteiger partial charge in [0.25, 0.3) is 11.8 Å². The fraction of sp³-hybridized carbons (Fsp3) is 0.387. The number of hydrogen-bond acceptors (Lipinski definition) is 27. The number of ether oxygens (including phenoxy) is 2. The number of imidazole rings is 1. The quantitative estimate of drug-likeness (QED) is 0.0324. The molecule has 36 heteroatoms. The number of amides is 5. The lowest BCUT2D eigenvalue weighted by molar-refractivity contribution is -0.131. The molecule has 0 saturated heterocycles. The molecule has 5 aromatic carbocycles. The number of halogens is 3. The number of methoxy groups -OCH3 is 2. The molecular formula is C111H126ClF2N23O7S3. The molecule has 8 aliphatic rings. The Hall–Kier alpha value is -13.7. The van der Waals surface area contributed by atoms with Crippen LogP contribution in [0.1, 0.15) is 217 Å². The van der Waals surface area contributed by atoms with Crippen LogP contribution in [0.2, 0.25) is 5.02 Å². The molecule has 5 aliphatic heterocycles. The first kappa shape index (κ1) is 106. The summed E-state index contributed by atoms with van der Waals surface area (Å²) in [6.45, 7) is 18.5. The molecule has 12 heterocycles. The maximum Gasteiger partial charge on any atom is 0.296 e. The summed E-state index contributed by atoms with van der Waals surface area (Å²) < 4.78 is 40.3. The van der Waals surface area contributed by atoms with Gasteiger partial charge in [-0.25, -0.2) is 49.9 Å². The number of nitrogens with two attached hydrogens (primary N) is 5. The Bertz CT molecular complexity index is 6940. The number of aryl methyl sites for hydroxylation is 4. The second-order valence-electron chi connectivity index (χ2n) is 40.2. The van der Waals surface area contributed by atoms with E-state index in [9.17, 15) is 38.0 Å². The van der Waals surface area contributed by atoms with Crippen LogP contribution in [0.25, 0.3) is 50.5 Å². The van der Waals surface area contributed by atoms with E-state index in [0.29, 0.717) is 45.9 Å². The van der Waals surface area contributed by atoms with Crippen molar-refractivity contribution < 1.29 is 42.2 Å². The van der Waals surface area contributed by atoms with Crippen LogP contribution in [0.15, 0.2) is 217 Å². The summed E-state index contributed by atoms with van der Waals surface area (Å²) in [5, 5.41) is 19.6. The van der Waals surface area contributed by atoms with E-state index >= 15 is 0 Å². The minimum atomic E-state index is -3.15. The predicted octanol–water partition coefficient (Wildman–Crippen LogP) is 17.9. The normalized spacial score (nSPS) is 23.5. The van der Waals surface area contributed by atoms with Gasteiger partial charge in [0, 0.05) is 132 Å². The van der Waals surface area contributed by atoms with Gasteiger partial charge >= 0.3 is 0 Å². The van der Waals surface area contributed by atoms with Crippen molar-refractivity contribution in [2.45, 2.75) is 202 Å². The predicted molar refractivity (Wildman–Crippen MR) is 576 cm³/mol. The zero-order valence-electron chi connectivity index (χ0n) is 85.6. The third kappa shape index (κ3) is 22.7. The highest BCUT2D eigenvalue weighted by Crippen LogP contribution is 2.53. The molecule has 12 aromatic rings. The summed E-state index contributed by atoms with van der Waals surface area (Å²) >= 11 is 10.7. The summed E-state index contributed by atoms with van der Waals surface area (Å²) in [6, 6.07) is 54.2. The molecule has 0 spiro atoms. The molecule has 3 fully saturated rings. The van der Waals surface area contributed by atoms with Crippen molar-refractivity contribution in [2.75, 3.05) is 69.2 Å². The van der Waals surface area contributed by atoms with Gasteiger partial charge in [0.05, 0.1) is 64.6 Å². The number of carbonyl (C=O) groups is 5. The second-order valence-corrected chi connectivity index (χ2v) is 43.3. The van der Waals surface area contributed by atoms with Gasteiger partial charge in [0.15, 0.2) is 29.8 Å². The molecule has 3 aliphatic carbocycles. The van der Waals surface area contributed by atoms with Gasteiger partial charge in [-0.2, -0.15) is 14.0 Å².